The Hall–Kier alpha value is -1.80. The first-order valence-electron chi connectivity index (χ1n) is 5.37. The summed E-state index contributed by atoms with van der Waals surface area (Å²) < 4.78 is 30.9. The zero-order valence-corrected chi connectivity index (χ0v) is 10.5. The van der Waals surface area contributed by atoms with E-state index in [1.807, 2.05) is 0 Å². The molecule has 8 heteroatoms. The Morgan fingerprint density at radius 2 is 2.37 bits per heavy atom. The normalized spacial score (nSPS) is 11.5. The van der Waals surface area contributed by atoms with Crippen LogP contribution in [0.5, 0.6) is 0 Å². The lowest BCUT2D eigenvalue weighted by Gasteiger charge is -2.13. The van der Waals surface area contributed by atoms with Gasteiger partial charge in [-0.3, -0.25) is 4.79 Å². The predicted molar refractivity (Wildman–Crippen MR) is 66.2 cm³/mol. The number of amides is 1. The van der Waals surface area contributed by atoms with Gasteiger partial charge in [-0.25, -0.2) is 13.8 Å². The Bertz CT molecular complexity index is 554. The molecule has 0 saturated carbocycles. The van der Waals surface area contributed by atoms with Crippen LogP contribution in [0.15, 0.2) is 29.0 Å². The lowest BCUT2D eigenvalue weighted by molar-refractivity contribution is 0.0119. The molecule has 2 heterocycles. The summed E-state index contributed by atoms with van der Waals surface area (Å²) in [6.45, 7) is -1.61. The van der Waals surface area contributed by atoms with Gasteiger partial charge in [-0.05, 0) is 12.1 Å². The lowest BCUT2D eigenvalue weighted by atomic mass is 10.3. The van der Waals surface area contributed by atoms with E-state index in [1.54, 1.807) is 12.1 Å². The average molecular weight is 287 g/mol. The lowest BCUT2D eigenvalue weighted by Crippen LogP contribution is -2.41. The Morgan fingerprint density at radius 3 is 3.00 bits per heavy atom. The van der Waals surface area contributed by atoms with Crippen LogP contribution in [0.4, 0.5) is 8.78 Å². The SMILES string of the molecule is NCC(F)(F)CNC(=O)c1cnc(-c2ccco2)s1. The molecule has 5 nitrogen and oxygen atoms in total. The van der Waals surface area contributed by atoms with Gasteiger partial charge in [0, 0.05) is 0 Å². The number of halogens is 2. The summed E-state index contributed by atoms with van der Waals surface area (Å²) in [6, 6.07) is 3.39. The summed E-state index contributed by atoms with van der Waals surface area (Å²) in [7, 11) is 0. The molecule has 0 aromatic carbocycles. The second-order valence-corrected chi connectivity index (χ2v) is 4.78. The molecule has 0 aliphatic heterocycles. The zero-order chi connectivity index (χ0) is 13.9. The Labute approximate surface area is 111 Å². The molecule has 0 spiro atoms. The number of rotatable bonds is 5. The molecule has 2 aromatic rings. The number of aromatic nitrogens is 1. The Kier molecular flexibility index (Phi) is 3.91. The van der Waals surface area contributed by atoms with Gasteiger partial charge >= 0.3 is 0 Å². The minimum Gasteiger partial charge on any atom is -0.462 e. The van der Waals surface area contributed by atoms with Gasteiger partial charge in [0.15, 0.2) is 10.8 Å². The van der Waals surface area contributed by atoms with E-state index < -0.39 is 24.9 Å². The van der Waals surface area contributed by atoms with Crippen molar-refractivity contribution in [3.05, 3.63) is 29.5 Å². The summed E-state index contributed by atoms with van der Waals surface area (Å²) in [4.78, 5) is 15.9. The van der Waals surface area contributed by atoms with Crippen LogP contribution in [-0.4, -0.2) is 29.9 Å². The second-order valence-electron chi connectivity index (χ2n) is 3.75. The molecule has 102 valence electrons. The summed E-state index contributed by atoms with van der Waals surface area (Å²) in [5, 5.41) is 2.63. The van der Waals surface area contributed by atoms with E-state index in [-0.39, 0.29) is 4.88 Å². The van der Waals surface area contributed by atoms with Crippen molar-refractivity contribution in [2.45, 2.75) is 5.92 Å². The minimum atomic E-state index is -3.11. The number of carbonyl (C=O) groups excluding carboxylic acids is 1. The monoisotopic (exact) mass is 287 g/mol. The van der Waals surface area contributed by atoms with Crippen molar-refractivity contribution in [2.75, 3.05) is 13.1 Å². The fourth-order valence-electron chi connectivity index (χ4n) is 1.26. The average Bonchev–Trinajstić information content (AvgIpc) is 3.05. The maximum atomic E-state index is 12.9. The summed E-state index contributed by atoms with van der Waals surface area (Å²) in [6.07, 6.45) is 2.80. The van der Waals surface area contributed by atoms with Crippen LogP contribution < -0.4 is 11.1 Å². The molecule has 0 aliphatic rings. The third kappa shape index (κ3) is 3.36. The van der Waals surface area contributed by atoms with E-state index in [0.29, 0.717) is 10.8 Å². The number of hydrogen-bond acceptors (Lipinski definition) is 5. The molecule has 1 amide bonds. The number of alkyl halides is 2. The van der Waals surface area contributed by atoms with Gasteiger partial charge in [-0.2, -0.15) is 0 Å². The van der Waals surface area contributed by atoms with E-state index in [2.05, 4.69) is 10.3 Å². The second kappa shape index (κ2) is 5.45. The summed E-state index contributed by atoms with van der Waals surface area (Å²) in [5.74, 6) is -3.19. The molecule has 19 heavy (non-hydrogen) atoms. The van der Waals surface area contributed by atoms with E-state index in [9.17, 15) is 13.6 Å². The quantitative estimate of drug-likeness (QED) is 0.877. The molecule has 0 saturated heterocycles. The fourth-order valence-corrected chi connectivity index (χ4v) is 2.06. The van der Waals surface area contributed by atoms with Gasteiger partial charge in [0.25, 0.3) is 11.8 Å². The smallest absolute Gasteiger partial charge is 0.277 e. The van der Waals surface area contributed by atoms with Crippen molar-refractivity contribution in [1.29, 1.82) is 0 Å². The van der Waals surface area contributed by atoms with E-state index in [4.69, 9.17) is 10.2 Å². The molecule has 2 rings (SSSR count). The van der Waals surface area contributed by atoms with Crippen LogP contribution in [0.2, 0.25) is 0 Å². The third-order valence-electron chi connectivity index (χ3n) is 2.27. The number of carbonyl (C=O) groups is 1. The van der Waals surface area contributed by atoms with Crippen LogP contribution >= 0.6 is 11.3 Å². The number of furan rings is 1. The number of nitrogens with one attached hydrogen (secondary N) is 1. The van der Waals surface area contributed by atoms with Gasteiger partial charge < -0.3 is 15.5 Å². The number of nitrogens with two attached hydrogens (primary N) is 1. The van der Waals surface area contributed by atoms with E-state index in [0.717, 1.165) is 11.3 Å². The van der Waals surface area contributed by atoms with E-state index >= 15 is 0 Å². The highest BCUT2D eigenvalue weighted by atomic mass is 32.1. The Morgan fingerprint density at radius 1 is 1.58 bits per heavy atom. The largest absolute Gasteiger partial charge is 0.462 e. The molecular formula is C11H11F2N3O2S. The third-order valence-corrected chi connectivity index (χ3v) is 3.28. The predicted octanol–water partition coefficient (Wildman–Crippen LogP) is 1.73. The van der Waals surface area contributed by atoms with Crippen LogP contribution in [0.25, 0.3) is 10.8 Å². The van der Waals surface area contributed by atoms with Crippen molar-refractivity contribution in [3.63, 3.8) is 0 Å². The van der Waals surface area contributed by atoms with Crippen molar-refractivity contribution in [1.82, 2.24) is 10.3 Å². The van der Waals surface area contributed by atoms with Gasteiger partial charge in [0.1, 0.15) is 4.88 Å². The highest BCUT2D eigenvalue weighted by Crippen LogP contribution is 2.25. The molecule has 0 aliphatic carbocycles. The molecule has 3 N–H and O–H groups in total. The highest BCUT2D eigenvalue weighted by molar-refractivity contribution is 7.16. The van der Waals surface area contributed by atoms with Crippen LogP contribution in [0, 0.1) is 0 Å². The fraction of sp³-hybridized carbons (Fsp3) is 0.273. The highest BCUT2D eigenvalue weighted by Gasteiger charge is 2.27. The number of thiazole rings is 1. The van der Waals surface area contributed by atoms with E-state index in [1.165, 1.54) is 12.5 Å². The molecule has 0 unspecified atom stereocenters. The maximum absolute atomic E-state index is 12.9. The number of hydrogen-bond donors (Lipinski definition) is 2. The van der Waals surface area contributed by atoms with Gasteiger partial charge in [-0.15, -0.1) is 11.3 Å². The summed E-state index contributed by atoms with van der Waals surface area (Å²) >= 11 is 1.06. The molecule has 0 atom stereocenters. The Balaban J connectivity index is 2.01. The van der Waals surface area contributed by atoms with Gasteiger partial charge in [0.2, 0.25) is 0 Å². The molecule has 0 bridgehead atoms. The molecular weight excluding hydrogens is 276 g/mol. The van der Waals surface area contributed by atoms with Crippen molar-refractivity contribution in [2.24, 2.45) is 5.73 Å². The van der Waals surface area contributed by atoms with Crippen molar-refractivity contribution >= 4 is 17.2 Å². The van der Waals surface area contributed by atoms with Crippen molar-refractivity contribution < 1.29 is 18.0 Å². The first-order valence-corrected chi connectivity index (χ1v) is 6.19. The topological polar surface area (TPSA) is 81.1 Å². The zero-order valence-electron chi connectivity index (χ0n) is 9.73. The summed E-state index contributed by atoms with van der Waals surface area (Å²) in [5.41, 5.74) is 4.88. The first-order chi connectivity index (χ1) is 9.02. The standard InChI is InChI=1S/C11H11F2N3O2S/c12-11(13,5-14)6-16-9(17)8-4-15-10(19-8)7-2-1-3-18-7/h1-4H,5-6,14H2,(H,16,17). The minimum absolute atomic E-state index is 0.235. The first kappa shape index (κ1) is 13.6. The molecule has 0 fully saturated rings. The van der Waals surface area contributed by atoms with Gasteiger partial charge in [0.05, 0.1) is 25.5 Å². The molecule has 0 radical (unpaired) electrons. The number of nitrogens with zero attached hydrogens (tertiary/aromatic N) is 1. The van der Waals surface area contributed by atoms with Gasteiger partial charge in [-0.1, -0.05) is 0 Å². The molecule has 2 aromatic heterocycles. The van der Waals surface area contributed by atoms with Crippen LogP contribution in [-0.2, 0) is 0 Å². The van der Waals surface area contributed by atoms with Crippen molar-refractivity contribution in [3.8, 4) is 10.8 Å². The van der Waals surface area contributed by atoms with Crippen LogP contribution in [0.1, 0.15) is 9.67 Å². The maximum Gasteiger partial charge on any atom is 0.277 e. The van der Waals surface area contributed by atoms with Crippen LogP contribution in [0.3, 0.4) is 0 Å².